The molecule has 0 spiro atoms. The lowest BCUT2D eigenvalue weighted by Gasteiger charge is -2.17. The number of carboxylic acids is 1. The molecule has 8 nitrogen and oxygen atoms in total. The third-order valence-electron chi connectivity index (χ3n) is 6.13. The minimum Gasteiger partial charge on any atom is -0.478 e. The fourth-order valence-electron chi connectivity index (χ4n) is 3.89. The molecule has 1 aromatic heterocycles. The van der Waals surface area contributed by atoms with E-state index >= 15 is 0 Å². The van der Waals surface area contributed by atoms with Crippen molar-refractivity contribution in [3.8, 4) is 0 Å². The van der Waals surface area contributed by atoms with Gasteiger partial charge in [0.25, 0.3) is 11.8 Å². The highest BCUT2D eigenvalue weighted by molar-refractivity contribution is 8.00. The molecule has 0 radical (unpaired) electrons. The van der Waals surface area contributed by atoms with Gasteiger partial charge in [0, 0.05) is 26.7 Å². The second-order valence-corrected chi connectivity index (χ2v) is 11.5. The average Bonchev–Trinajstić information content (AvgIpc) is 3.50. The Labute approximate surface area is 251 Å². The molecular formula is C32H29N3O5S2. The summed E-state index contributed by atoms with van der Waals surface area (Å²) in [6, 6.07) is 24.0. The number of amides is 3. The molecule has 1 unspecified atom stereocenters. The SMILES string of the molecule is CCC(Sc1cccc(NC(=O)/C(=C/c2cccs2)NC(=O)c2ccccc2)c1)C(=O)Nc1cc(C(=O)O)ccc1C. The summed E-state index contributed by atoms with van der Waals surface area (Å²) in [5, 5.41) is 19.1. The van der Waals surface area contributed by atoms with Crippen LogP contribution in [-0.2, 0) is 9.59 Å². The van der Waals surface area contributed by atoms with Gasteiger partial charge in [-0.05, 0) is 78.9 Å². The number of thioether (sulfide) groups is 1. The summed E-state index contributed by atoms with van der Waals surface area (Å²) >= 11 is 2.77. The molecule has 0 bridgehead atoms. The van der Waals surface area contributed by atoms with Crippen molar-refractivity contribution in [2.24, 2.45) is 0 Å². The highest BCUT2D eigenvalue weighted by Gasteiger charge is 2.20. The van der Waals surface area contributed by atoms with Crippen LogP contribution in [0.1, 0.15) is 44.5 Å². The molecule has 4 N–H and O–H groups in total. The highest BCUT2D eigenvalue weighted by Crippen LogP contribution is 2.29. The Balaban J connectivity index is 1.47. The molecule has 214 valence electrons. The first kappa shape index (κ1) is 30.3. The number of anilines is 2. The maximum absolute atomic E-state index is 13.3. The summed E-state index contributed by atoms with van der Waals surface area (Å²) in [5.74, 6) is -2.22. The van der Waals surface area contributed by atoms with Gasteiger partial charge in [0.05, 0.1) is 10.8 Å². The van der Waals surface area contributed by atoms with Gasteiger partial charge in [0.2, 0.25) is 5.91 Å². The Bertz CT molecular complexity index is 1620. The quantitative estimate of drug-likeness (QED) is 0.113. The molecule has 0 saturated carbocycles. The smallest absolute Gasteiger partial charge is 0.335 e. The van der Waals surface area contributed by atoms with Crippen LogP contribution in [-0.4, -0.2) is 34.0 Å². The molecule has 0 aliphatic heterocycles. The van der Waals surface area contributed by atoms with Crippen LogP contribution in [0, 0.1) is 6.92 Å². The molecule has 3 aromatic carbocycles. The van der Waals surface area contributed by atoms with Gasteiger partial charge >= 0.3 is 5.97 Å². The Kier molecular flexibility index (Phi) is 10.3. The van der Waals surface area contributed by atoms with Crippen LogP contribution in [0.3, 0.4) is 0 Å². The zero-order chi connectivity index (χ0) is 30.1. The number of benzene rings is 3. The highest BCUT2D eigenvalue weighted by atomic mass is 32.2. The van der Waals surface area contributed by atoms with E-state index in [9.17, 15) is 24.3 Å². The zero-order valence-corrected chi connectivity index (χ0v) is 24.6. The van der Waals surface area contributed by atoms with E-state index in [1.165, 1.54) is 35.2 Å². The van der Waals surface area contributed by atoms with Gasteiger partial charge in [-0.2, -0.15) is 0 Å². The first-order chi connectivity index (χ1) is 20.2. The molecule has 3 amide bonds. The van der Waals surface area contributed by atoms with E-state index in [0.29, 0.717) is 23.4 Å². The Morgan fingerprint density at radius 3 is 2.38 bits per heavy atom. The minimum absolute atomic E-state index is 0.0903. The summed E-state index contributed by atoms with van der Waals surface area (Å²) in [6.45, 7) is 3.69. The average molecular weight is 600 g/mol. The van der Waals surface area contributed by atoms with Crippen molar-refractivity contribution < 1.29 is 24.3 Å². The molecule has 0 saturated heterocycles. The van der Waals surface area contributed by atoms with E-state index in [2.05, 4.69) is 16.0 Å². The predicted octanol–water partition coefficient (Wildman–Crippen LogP) is 6.67. The Morgan fingerprint density at radius 2 is 1.69 bits per heavy atom. The van der Waals surface area contributed by atoms with Crippen molar-refractivity contribution in [3.05, 3.63) is 118 Å². The first-order valence-electron chi connectivity index (χ1n) is 13.1. The second kappa shape index (κ2) is 14.3. The van der Waals surface area contributed by atoms with Gasteiger partial charge in [0.1, 0.15) is 5.70 Å². The molecule has 0 aliphatic carbocycles. The third kappa shape index (κ3) is 8.18. The van der Waals surface area contributed by atoms with Gasteiger partial charge in [-0.15, -0.1) is 23.1 Å². The normalized spacial score (nSPS) is 11.8. The summed E-state index contributed by atoms with van der Waals surface area (Å²) in [5.41, 5.74) is 2.30. The summed E-state index contributed by atoms with van der Waals surface area (Å²) in [6.07, 6.45) is 2.14. The van der Waals surface area contributed by atoms with E-state index in [-0.39, 0.29) is 17.2 Å². The van der Waals surface area contributed by atoms with Crippen molar-refractivity contribution in [1.29, 1.82) is 0 Å². The van der Waals surface area contributed by atoms with E-state index in [1.807, 2.05) is 36.6 Å². The fourth-order valence-corrected chi connectivity index (χ4v) is 5.56. The lowest BCUT2D eigenvalue weighted by molar-refractivity contribution is -0.116. The van der Waals surface area contributed by atoms with Gasteiger partial charge in [0.15, 0.2) is 0 Å². The van der Waals surface area contributed by atoms with Crippen molar-refractivity contribution >= 4 is 64.2 Å². The number of carbonyl (C=O) groups excluding carboxylic acids is 3. The molecule has 4 rings (SSSR count). The molecule has 10 heteroatoms. The molecule has 0 fully saturated rings. The summed E-state index contributed by atoms with van der Waals surface area (Å²) < 4.78 is 0. The maximum Gasteiger partial charge on any atom is 0.335 e. The van der Waals surface area contributed by atoms with E-state index in [0.717, 1.165) is 15.3 Å². The molecule has 1 atom stereocenters. The number of hydrogen-bond acceptors (Lipinski definition) is 6. The second-order valence-electron chi connectivity index (χ2n) is 9.21. The largest absolute Gasteiger partial charge is 0.478 e. The minimum atomic E-state index is -1.07. The molecule has 4 aromatic rings. The predicted molar refractivity (Wildman–Crippen MR) is 168 cm³/mol. The lowest BCUT2D eigenvalue weighted by atomic mass is 10.1. The Morgan fingerprint density at radius 1 is 0.905 bits per heavy atom. The topological polar surface area (TPSA) is 125 Å². The number of aromatic carboxylic acids is 1. The van der Waals surface area contributed by atoms with Crippen LogP contribution in [0.2, 0.25) is 0 Å². The number of thiophene rings is 1. The van der Waals surface area contributed by atoms with Crippen LogP contribution in [0.25, 0.3) is 6.08 Å². The van der Waals surface area contributed by atoms with Crippen LogP contribution in [0.15, 0.2) is 101 Å². The lowest BCUT2D eigenvalue weighted by Crippen LogP contribution is -2.30. The molecule has 42 heavy (non-hydrogen) atoms. The summed E-state index contributed by atoms with van der Waals surface area (Å²) in [7, 11) is 0. The fraction of sp³-hybridized carbons (Fsp3) is 0.125. The summed E-state index contributed by atoms with van der Waals surface area (Å²) in [4.78, 5) is 52.2. The standard InChI is InChI=1S/C32H29N3O5S2/c1-3-28(31(38)34-26-17-22(32(39)40)15-14-20(26)2)42-25-12-7-11-23(18-25)33-30(37)27(19-24-13-8-16-41-24)35-29(36)21-9-5-4-6-10-21/h4-19,28H,3H2,1-2H3,(H,33,37)(H,34,38)(H,35,36)(H,39,40)/b27-19-. The number of rotatable bonds is 11. The van der Waals surface area contributed by atoms with E-state index in [4.69, 9.17) is 0 Å². The van der Waals surface area contributed by atoms with Crippen LogP contribution < -0.4 is 16.0 Å². The maximum atomic E-state index is 13.3. The number of nitrogens with one attached hydrogen (secondary N) is 3. The van der Waals surface area contributed by atoms with Gasteiger partial charge in [-0.25, -0.2) is 4.79 Å². The van der Waals surface area contributed by atoms with Crippen molar-refractivity contribution in [3.63, 3.8) is 0 Å². The number of aryl methyl sites for hydroxylation is 1. The first-order valence-corrected chi connectivity index (χ1v) is 14.8. The number of carboxylic acid groups (broad SMARTS) is 1. The zero-order valence-electron chi connectivity index (χ0n) is 22.9. The van der Waals surface area contributed by atoms with Crippen molar-refractivity contribution in [1.82, 2.24) is 5.32 Å². The van der Waals surface area contributed by atoms with Gasteiger partial charge in [-0.1, -0.05) is 43.3 Å². The van der Waals surface area contributed by atoms with Crippen LogP contribution >= 0.6 is 23.1 Å². The molecular weight excluding hydrogens is 571 g/mol. The number of hydrogen-bond donors (Lipinski definition) is 4. The van der Waals surface area contributed by atoms with E-state index < -0.39 is 23.0 Å². The monoisotopic (exact) mass is 599 g/mol. The Hall–Kier alpha value is -4.67. The third-order valence-corrected chi connectivity index (χ3v) is 8.31. The van der Waals surface area contributed by atoms with Crippen molar-refractivity contribution in [2.75, 3.05) is 10.6 Å². The van der Waals surface area contributed by atoms with Crippen LogP contribution in [0.5, 0.6) is 0 Å². The van der Waals surface area contributed by atoms with Crippen molar-refractivity contribution in [2.45, 2.75) is 30.4 Å². The molecule has 0 aliphatic rings. The number of carbonyl (C=O) groups is 4. The van der Waals surface area contributed by atoms with Gasteiger partial charge < -0.3 is 21.1 Å². The van der Waals surface area contributed by atoms with E-state index in [1.54, 1.807) is 61.5 Å². The van der Waals surface area contributed by atoms with Crippen LogP contribution in [0.4, 0.5) is 11.4 Å². The molecule has 1 heterocycles. The van der Waals surface area contributed by atoms with Gasteiger partial charge in [-0.3, -0.25) is 14.4 Å².